The van der Waals surface area contributed by atoms with Crippen LogP contribution in [0.25, 0.3) is 0 Å². The summed E-state index contributed by atoms with van der Waals surface area (Å²) in [6, 6.07) is 15.6. The van der Waals surface area contributed by atoms with Crippen LogP contribution in [0.3, 0.4) is 0 Å². The molecule has 0 spiro atoms. The summed E-state index contributed by atoms with van der Waals surface area (Å²) >= 11 is 1.65. The Labute approximate surface area is 145 Å². The molecule has 0 aliphatic carbocycles. The first-order valence-corrected chi connectivity index (χ1v) is 8.48. The molecule has 1 N–H and O–H groups in total. The SMILES string of the molecule is COc1ccc(Sc2ccc(NC(=O)[C@H]3COCCO3)cc2)cc1. The van der Waals surface area contributed by atoms with Crippen molar-refractivity contribution in [3.05, 3.63) is 48.5 Å². The van der Waals surface area contributed by atoms with Gasteiger partial charge in [0.25, 0.3) is 5.91 Å². The maximum absolute atomic E-state index is 12.1. The van der Waals surface area contributed by atoms with Gasteiger partial charge in [-0.2, -0.15) is 0 Å². The predicted molar refractivity (Wildman–Crippen MR) is 92.7 cm³/mol. The predicted octanol–water partition coefficient (Wildman–Crippen LogP) is 3.20. The molecule has 1 aliphatic heterocycles. The fourth-order valence-electron chi connectivity index (χ4n) is 2.25. The summed E-state index contributed by atoms with van der Waals surface area (Å²) in [7, 11) is 1.65. The van der Waals surface area contributed by atoms with Crippen molar-refractivity contribution in [1.82, 2.24) is 0 Å². The topological polar surface area (TPSA) is 56.8 Å². The minimum absolute atomic E-state index is 0.176. The van der Waals surface area contributed by atoms with Crippen molar-refractivity contribution in [1.29, 1.82) is 0 Å². The zero-order valence-corrected chi connectivity index (χ0v) is 14.2. The van der Waals surface area contributed by atoms with E-state index < -0.39 is 6.10 Å². The largest absolute Gasteiger partial charge is 0.497 e. The van der Waals surface area contributed by atoms with Gasteiger partial charge in [0, 0.05) is 15.5 Å². The van der Waals surface area contributed by atoms with Crippen molar-refractivity contribution in [2.24, 2.45) is 0 Å². The molecule has 5 nitrogen and oxygen atoms in total. The van der Waals surface area contributed by atoms with Gasteiger partial charge in [-0.25, -0.2) is 0 Å². The number of ether oxygens (including phenoxy) is 3. The van der Waals surface area contributed by atoms with Crippen LogP contribution >= 0.6 is 11.8 Å². The highest BCUT2D eigenvalue weighted by Crippen LogP contribution is 2.29. The Bertz CT molecular complexity index is 666. The van der Waals surface area contributed by atoms with E-state index in [9.17, 15) is 4.79 Å². The van der Waals surface area contributed by atoms with Crippen molar-refractivity contribution in [2.75, 3.05) is 32.2 Å². The van der Waals surface area contributed by atoms with E-state index in [0.717, 1.165) is 21.2 Å². The molecule has 6 heteroatoms. The first kappa shape index (κ1) is 16.8. The Balaban J connectivity index is 1.57. The van der Waals surface area contributed by atoms with Crippen LogP contribution < -0.4 is 10.1 Å². The van der Waals surface area contributed by atoms with Crippen molar-refractivity contribution in [3.8, 4) is 5.75 Å². The Morgan fingerprint density at radius 2 is 1.75 bits per heavy atom. The summed E-state index contributed by atoms with van der Waals surface area (Å²) in [6.07, 6.45) is -0.535. The molecule has 0 aromatic heterocycles. The number of rotatable bonds is 5. The van der Waals surface area contributed by atoms with Gasteiger partial charge in [-0.3, -0.25) is 4.79 Å². The molecule has 1 heterocycles. The fourth-order valence-corrected chi connectivity index (χ4v) is 3.06. The van der Waals surface area contributed by atoms with Gasteiger partial charge in [0.1, 0.15) is 5.75 Å². The van der Waals surface area contributed by atoms with Crippen molar-refractivity contribution in [3.63, 3.8) is 0 Å². The number of carbonyl (C=O) groups is 1. The summed E-state index contributed by atoms with van der Waals surface area (Å²) in [5.41, 5.74) is 0.744. The second-order valence-corrected chi connectivity index (χ2v) is 6.37. The molecule has 126 valence electrons. The van der Waals surface area contributed by atoms with Crippen LogP contribution in [0.2, 0.25) is 0 Å². The molecule has 1 atom stereocenters. The van der Waals surface area contributed by atoms with Gasteiger partial charge < -0.3 is 19.5 Å². The van der Waals surface area contributed by atoms with Gasteiger partial charge in [-0.05, 0) is 48.5 Å². The molecule has 0 unspecified atom stereocenters. The van der Waals surface area contributed by atoms with Gasteiger partial charge in [-0.1, -0.05) is 11.8 Å². The Morgan fingerprint density at radius 3 is 2.33 bits per heavy atom. The Kier molecular flexibility index (Phi) is 5.74. The molecule has 1 aliphatic rings. The summed E-state index contributed by atoms with van der Waals surface area (Å²) in [5.74, 6) is 0.663. The van der Waals surface area contributed by atoms with Crippen LogP contribution in [0.4, 0.5) is 5.69 Å². The lowest BCUT2D eigenvalue weighted by atomic mass is 10.3. The van der Waals surface area contributed by atoms with Gasteiger partial charge in [0.15, 0.2) is 6.10 Å². The third kappa shape index (κ3) is 4.50. The van der Waals surface area contributed by atoms with E-state index in [0.29, 0.717) is 19.8 Å². The Hall–Kier alpha value is -2.02. The highest BCUT2D eigenvalue weighted by Gasteiger charge is 2.22. The monoisotopic (exact) mass is 345 g/mol. The van der Waals surface area contributed by atoms with E-state index in [4.69, 9.17) is 14.2 Å². The fraction of sp³-hybridized carbons (Fsp3) is 0.278. The van der Waals surface area contributed by atoms with Gasteiger partial charge in [0.2, 0.25) is 0 Å². The summed E-state index contributed by atoms with van der Waals surface area (Å²) in [5, 5.41) is 2.85. The molecular formula is C18H19NO4S. The number of hydrogen-bond donors (Lipinski definition) is 1. The minimum Gasteiger partial charge on any atom is -0.497 e. The molecule has 0 bridgehead atoms. The van der Waals surface area contributed by atoms with Gasteiger partial charge >= 0.3 is 0 Å². The zero-order valence-electron chi connectivity index (χ0n) is 13.4. The molecule has 3 rings (SSSR count). The third-order valence-corrected chi connectivity index (χ3v) is 4.54. The van der Waals surface area contributed by atoms with Crippen molar-refractivity contribution in [2.45, 2.75) is 15.9 Å². The highest BCUT2D eigenvalue weighted by atomic mass is 32.2. The minimum atomic E-state index is -0.535. The summed E-state index contributed by atoms with van der Waals surface area (Å²) in [4.78, 5) is 14.3. The Morgan fingerprint density at radius 1 is 1.08 bits per heavy atom. The third-order valence-electron chi connectivity index (χ3n) is 3.53. The van der Waals surface area contributed by atoms with Crippen molar-refractivity contribution >= 4 is 23.4 Å². The molecule has 2 aromatic carbocycles. The number of carbonyl (C=O) groups excluding carboxylic acids is 1. The standard InChI is InChI=1S/C18H19NO4S/c1-21-14-4-8-16(9-5-14)24-15-6-2-13(3-7-15)19-18(20)17-12-22-10-11-23-17/h2-9,17H,10-12H2,1H3,(H,19,20)/t17-/m1/s1. The quantitative estimate of drug-likeness (QED) is 0.902. The van der Waals surface area contributed by atoms with Crippen LogP contribution in [0, 0.1) is 0 Å². The maximum Gasteiger partial charge on any atom is 0.255 e. The van der Waals surface area contributed by atoms with Crippen LogP contribution in [0.15, 0.2) is 58.3 Å². The second-order valence-electron chi connectivity index (χ2n) is 5.23. The average Bonchev–Trinajstić information content (AvgIpc) is 2.65. The average molecular weight is 345 g/mol. The van der Waals surface area contributed by atoms with E-state index in [1.807, 2.05) is 48.5 Å². The maximum atomic E-state index is 12.1. The van der Waals surface area contributed by atoms with E-state index in [-0.39, 0.29) is 5.91 Å². The molecule has 2 aromatic rings. The molecule has 24 heavy (non-hydrogen) atoms. The number of anilines is 1. The molecular weight excluding hydrogens is 326 g/mol. The van der Waals surface area contributed by atoms with Gasteiger partial charge in [0.05, 0.1) is 26.9 Å². The van der Waals surface area contributed by atoms with E-state index in [2.05, 4.69) is 5.32 Å². The summed E-state index contributed by atoms with van der Waals surface area (Å²) < 4.78 is 15.8. The number of methoxy groups -OCH3 is 1. The molecule has 1 saturated heterocycles. The van der Waals surface area contributed by atoms with Crippen LogP contribution in [0.5, 0.6) is 5.75 Å². The lowest BCUT2D eigenvalue weighted by Crippen LogP contribution is -2.39. The van der Waals surface area contributed by atoms with E-state index >= 15 is 0 Å². The van der Waals surface area contributed by atoms with Crippen molar-refractivity contribution < 1.29 is 19.0 Å². The molecule has 0 radical (unpaired) electrons. The zero-order chi connectivity index (χ0) is 16.8. The van der Waals surface area contributed by atoms with Crippen LogP contribution in [0.1, 0.15) is 0 Å². The molecule has 1 fully saturated rings. The summed E-state index contributed by atoms with van der Waals surface area (Å²) in [6.45, 7) is 1.30. The first-order valence-electron chi connectivity index (χ1n) is 7.67. The normalized spacial score (nSPS) is 17.3. The lowest BCUT2D eigenvalue weighted by molar-refractivity contribution is -0.142. The number of amides is 1. The van der Waals surface area contributed by atoms with E-state index in [1.54, 1.807) is 18.9 Å². The number of hydrogen-bond acceptors (Lipinski definition) is 5. The first-order chi connectivity index (χ1) is 11.7. The van der Waals surface area contributed by atoms with E-state index in [1.165, 1.54) is 0 Å². The number of nitrogens with one attached hydrogen (secondary N) is 1. The van der Waals surface area contributed by atoms with Crippen LogP contribution in [-0.2, 0) is 14.3 Å². The molecule has 0 saturated carbocycles. The molecule has 1 amide bonds. The van der Waals surface area contributed by atoms with Gasteiger partial charge in [-0.15, -0.1) is 0 Å². The highest BCUT2D eigenvalue weighted by molar-refractivity contribution is 7.99. The smallest absolute Gasteiger partial charge is 0.255 e. The number of benzene rings is 2. The van der Waals surface area contributed by atoms with Crippen LogP contribution in [-0.4, -0.2) is 38.9 Å². The lowest BCUT2D eigenvalue weighted by Gasteiger charge is -2.22. The second kappa shape index (κ2) is 8.19.